The minimum Gasteiger partial charge on any atom is -0.352 e. The summed E-state index contributed by atoms with van der Waals surface area (Å²) in [6.07, 6.45) is 7.32. The van der Waals surface area contributed by atoms with Gasteiger partial charge in [0, 0.05) is 23.2 Å². The molecule has 2 amide bonds. The smallest absolute Gasteiger partial charge is 0.259 e. The van der Waals surface area contributed by atoms with Crippen LogP contribution in [0.15, 0.2) is 76.5 Å². The van der Waals surface area contributed by atoms with Gasteiger partial charge in [0.2, 0.25) is 0 Å². The van der Waals surface area contributed by atoms with E-state index < -0.39 is 10.8 Å². The van der Waals surface area contributed by atoms with Crippen molar-refractivity contribution in [3.8, 4) is 0 Å². The van der Waals surface area contributed by atoms with Crippen LogP contribution in [0.2, 0.25) is 5.02 Å². The van der Waals surface area contributed by atoms with Crippen molar-refractivity contribution in [1.29, 1.82) is 0 Å². The summed E-state index contributed by atoms with van der Waals surface area (Å²) in [6.45, 7) is 1.74. The Kier molecular flexibility index (Phi) is 8.80. The molecule has 5 rings (SSSR count). The van der Waals surface area contributed by atoms with E-state index in [1.165, 1.54) is 32.1 Å². The number of hydrogen-bond acceptors (Lipinski definition) is 4. The number of fused-ring (bicyclic) bond motifs is 2. The van der Waals surface area contributed by atoms with E-state index in [1.807, 2.05) is 18.2 Å². The molecule has 6 nitrogen and oxygen atoms in total. The van der Waals surface area contributed by atoms with Gasteiger partial charge in [-0.3, -0.25) is 9.59 Å². The van der Waals surface area contributed by atoms with E-state index in [2.05, 4.69) is 17.3 Å². The third-order valence-electron chi connectivity index (χ3n) is 7.67. The number of carbonyl (C=O) groups excluding carboxylic acids is 2. The summed E-state index contributed by atoms with van der Waals surface area (Å²) in [5.41, 5.74) is 2.13. The number of benzene rings is 3. The van der Waals surface area contributed by atoms with Gasteiger partial charge in [-0.25, -0.2) is 4.21 Å². The van der Waals surface area contributed by atoms with Crippen molar-refractivity contribution in [2.45, 2.75) is 60.9 Å². The fourth-order valence-electron chi connectivity index (χ4n) is 5.52. The fourth-order valence-corrected chi connectivity index (χ4v) is 7.07. The molecule has 0 bridgehead atoms. The molecule has 0 saturated heterocycles. The van der Waals surface area contributed by atoms with E-state index in [4.69, 9.17) is 11.6 Å². The number of carbonyl (C=O) groups is 2. The van der Waals surface area contributed by atoms with Crippen LogP contribution in [-0.2, 0) is 17.3 Å². The second-order valence-electron chi connectivity index (χ2n) is 10.4. The molecule has 1 fully saturated rings. The lowest BCUT2D eigenvalue weighted by Crippen LogP contribution is -2.36. The summed E-state index contributed by atoms with van der Waals surface area (Å²) in [5.74, 6) is -0.471. The number of hydrogen-bond donors (Lipinski definition) is 1. The lowest BCUT2D eigenvalue weighted by molar-refractivity contribution is 0.0947. The molecule has 0 aromatic heterocycles. The van der Waals surface area contributed by atoms with Crippen molar-refractivity contribution in [3.63, 3.8) is 0 Å². The molecule has 2 aliphatic rings. The van der Waals surface area contributed by atoms with E-state index in [0.29, 0.717) is 44.2 Å². The Labute approximate surface area is 237 Å². The molecule has 3 aromatic carbocycles. The van der Waals surface area contributed by atoms with Gasteiger partial charge in [-0.2, -0.15) is 0 Å². The Morgan fingerprint density at radius 3 is 2.62 bits per heavy atom. The Morgan fingerprint density at radius 1 is 1.03 bits per heavy atom. The van der Waals surface area contributed by atoms with Crippen LogP contribution in [-0.4, -0.2) is 47.1 Å². The molecule has 0 spiro atoms. The lowest BCUT2D eigenvalue weighted by Gasteiger charge is -2.31. The van der Waals surface area contributed by atoms with Crippen molar-refractivity contribution in [3.05, 3.63) is 88.4 Å². The highest BCUT2D eigenvalue weighted by atomic mass is 35.5. The summed E-state index contributed by atoms with van der Waals surface area (Å²) in [4.78, 5) is 31.9. The highest BCUT2D eigenvalue weighted by Gasteiger charge is 2.31. The number of nitrogens with one attached hydrogen (secondary N) is 1. The maximum atomic E-state index is 13.8. The highest BCUT2D eigenvalue weighted by molar-refractivity contribution is 7.85. The molecule has 0 radical (unpaired) electrons. The molecular weight excluding hydrogens is 530 g/mol. The maximum Gasteiger partial charge on any atom is 0.259 e. The van der Waals surface area contributed by atoms with E-state index >= 15 is 0 Å². The summed E-state index contributed by atoms with van der Waals surface area (Å²) in [5, 5.41) is 3.60. The van der Waals surface area contributed by atoms with Crippen LogP contribution in [0, 0.1) is 0 Å². The normalized spacial score (nSPS) is 17.5. The number of halogens is 1. The van der Waals surface area contributed by atoms with E-state index in [-0.39, 0.29) is 18.4 Å². The van der Waals surface area contributed by atoms with Crippen molar-refractivity contribution in [2.75, 3.05) is 25.0 Å². The van der Waals surface area contributed by atoms with Gasteiger partial charge >= 0.3 is 0 Å². The van der Waals surface area contributed by atoms with Crippen molar-refractivity contribution >= 4 is 39.9 Å². The summed E-state index contributed by atoms with van der Waals surface area (Å²) in [6, 6.07) is 20.0. The van der Waals surface area contributed by atoms with Crippen LogP contribution in [0.5, 0.6) is 0 Å². The van der Waals surface area contributed by atoms with Gasteiger partial charge in [-0.1, -0.05) is 55.1 Å². The van der Waals surface area contributed by atoms with Gasteiger partial charge < -0.3 is 15.1 Å². The average molecular weight is 564 g/mol. The van der Waals surface area contributed by atoms with Gasteiger partial charge in [0.25, 0.3) is 11.8 Å². The zero-order chi connectivity index (χ0) is 27.4. The molecule has 1 atom stereocenters. The predicted octanol–water partition coefficient (Wildman–Crippen LogP) is 6.05. The highest BCUT2D eigenvalue weighted by Crippen LogP contribution is 2.36. The monoisotopic (exact) mass is 563 g/mol. The predicted molar refractivity (Wildman–Crippen MR) is 156 cm³/mol. The average Bonchev–Trinajstić information content (AvgIpc) is 3.05. The van der Waals surface area contributed by atoms with Gasteiger partial charge in [0.1, 0.15) is 0 Å². The molecule has 39 heavy (non-hydrogen) atoms. The zero-order valence-electron chi connectivity index (χ0n) is 22.2. The molecule has 1 saturated carbocycles. The number of amides is 2. The minimum atomic E-state index is -1.57. The van der Waals surface area contributed by atoms with Crippen LogP contribution < -0.4 is 10.2 Å². The molecule has 8 heteroatoms. The number of anilines is 1. The molecule has 1 aliphatic heterocycles. The van der Waals surface area contributed by atoms with Gasteiger partial charge in [-0.15, -0.1) is 0 Å². The molecule has 204 valence electrons. The first-order chi connectivity index (χ1) is 18.9. The second kappa shape index (κ2) is 12.5. The Balaban J connectivity index is 1.36. The standard InChI is InChI=1S/C31H34ClN3O3S/c1-34(25-11-3-2-4-12-25)18-8-17-33-30(36)23-15-16-29-27(20-23)35(21-22-9-7-10-24(32)19-22)31(37)26-13-5-6-14-28(26)39(29)38/h5-7,9-10,13-16,19-20,25H,2-4,8,11-12,17-18,21H2,1H3,(H,33,36). The van der Waals surface area contributed by atoms with Crippen LogP contribution in [0.1, 0.15) is 64.8 Å². The van der Waals surface area contributed by atoms with E-state index in [9.17, 15) is 13.8 Å². The molecule has 1 N–H and O–H groups in total. The first kappa shape index (κ1) is 27.6. The van der Waals surface area contributed by atoms with Gasteiger partial charge in [0.15, 0.2) is 0 Å². The Bertz CT molecular complexity index is 1390. The summed E-state index contributed by atoms with van der Waals surface area (Å²) >= 11 is 6.22. The third-order valence-corrected chi connectivity index (χ3v) is 9.41. The van der Waals surface area contributed by atoms with Crippen LogP contribution >= 0.6 is 11.6 Å². The van der Waals surface area contributed by atoms with Crippen molar-refractivity contribution < 1.29 is 13.8 Å². The van der Waals surface area contributed by atoms with Crippen molar-refractivity contribution in [2.24, 2.45) is 0 Å². The molecular formula is C31H34ClN3O3S. The van der Waals surface area contributed by atoms with E-state index in [1.54, 1.807) is 53.4 Å². The van der Waals surface area contributed by atoms with Gasteiger partial charge in [0.05, 0.1) is 38.4 Å². The van der Waals surface area contributed by atoms with Crippen molar-refractivity contribution in [1.82, 2.24) is 10.2 Å². The first-order valence-corrected chi connectivity index (χ1v) is 15.1. The SMILES string of the molecule is CN(CCCNC(=O)c1ccc2c(c1)N(Cc1cccc(Cl)c1)C(=O)c1ccccc1S2=O)C1CCCCC1. The quantitative estimate of drug-likeness (QED) is 0.339. The second-order valence-corrected chi connectivity index (χ2v) is 12.2. The molecule has 1 unspecified atom stereocenters. The van der Waals surface area contributed by atoms with E-state index in [0.717, 1.165) is 18.5 Å². The lowest BCUT2D eigenvalue weighted by atomic mass is 9.94. The minimum absolute atomic E-state index is 0.208. The van der Waals surface area contributed by atoms with Crippen LogP contribution in [0.4, 0.5) is 5.69 Å². The Hall–Kier alpha value is -3.00. The topological polar surface area (TPSA) is 69.7 Å². The van der Waals surface area contributed by atoms with Crippen LogP contribution in [0.3, 0.4) is 0 Å². The number of nitrogens with zero attached hydrogens (tertiary/aromatic N) is 2. The fraction of sp³-hybridized carbons (Fsp3) is 0.355. The molecule has 1 aliphatic carbocycles. The van der Waals surface area contributed by atoms with Gasteiger partial charge in [-0.05, 0) is 80.9 Å². The molecule has 1 heterocycles. The molecule has 3 aromatic rings. The maximum absolute atomic E-state index is 13.8. The Morgan fingerprint density at radius 2 is 1.82 bits per heavy atom. The van der Waals surface area contributed by atoms with Crippen LogP contribution in [0.25, 0.3) is 0 Å². The first-order valence-electron chi connectivity index (χ1n) is 13.6. The summed E-state index contributed by atoms with van der Waals surface area (Å²) in [7, 11) is 0.601. The number of rotatable bonds is 8. The largest absolute Gasteiger partial charge is 0.352 e. The third kappa shape index (κ3) is 6.26. The zero-order valence-corrected chi connectivity index (χ0v) is 23.8. The summed E-state index contributed by atoms with van der Waals surface area (Å²) < 4.78 is 13.6.